The number of hydrogen-bond donors (Lipinski definition) is 0. The van der Waals surface area contributed by atoms with Crippen LogP contribution >= 0.6 is 31.9 Å². The maximum Gasteiger partial charge on any atom is 0.126 e. The zero-order valence-electron chi connectivity index (χ0n) is 12.4. The number of halogens is 3. The van der Waals surface area contributed by atoms with Crippen molar-refractivity contribution in [3.05, 3.63) is 62.4 Å². The summed E-state index contributed by atoms with van der Waals surface area (Å²) in [5.74, 6) is 0.609. The van der Waals surface area contributed by atoms with Gasteiger partial charge in [-0.3, -0.25) is 0 Å². The molecule has 1 unspecified atom stereocenters. The average Bonchev–Trinajstić information content (AvgIpc) is 2.40. The Morgan fingerprint density at radius 3 is 2.33 bits per heavy atom. The van der Waals surface area contributed by atoms with Crippen LogP contribution in [0.4, 0.5) is 4.39 Å². The number of methoxy groups -OCH3 is 1. The second-order valence-electron chi connectivity index (χ2n) is 5.17. The first-order valence-electron chi connectivity index (χ1n) is 6.60. The highest BCUT2D eigenvalue weighted by atomic mass is 79.9. The highest BCUT2D eigenvalue weighted by molar-refractivity contribution is 9.10. The highest BCUT2D eigenvalue weighted by Crippen LogP contribution is 2.43. The third kappa shape index (κ3) is 3.32. The van der Waals surface area contributed by atoms with Gasteiger partial charge in [-0.2, -0.15) is 0 Å². The van der Waals surface area contributed by atoms with Crippen molar-refractivity contribution in [2.24, 2.45) is 0 Å². The molecule has 0 aromatic heterocycles. The first-order chi connectivity index (χ1) is 9.85. The van der Waals surface area contributed by atoms with Crippen LogP contribution < -0.4 is 4.74 Å². The second kappa shape index (κ2) is 6.49. The van der Waals surface area contributed by atoms with E-state index in [0.29, 0.717) is 0 Å². The molecule has 0 aliphatic rings. The minimum absolute atomic E-state index is 0.127. The van der Waals surface area contributed by atoms with Crippen molar-refractivity contribution in [3.63, 3.8) is 0 Å². The summed E-state index contributed by atoms with van der Waals surface area (Å²) in [6.07, 6.45) is 0. The lowest BCUT2D eigenvalue weighted by atomic mass is 9.96. The summed E-state index contributed by atoms with van der Waals surface area (Å²) in [6, 6.07) is 7.10. The molecule has 0 aliphatic heterocycles. The molecule has 1 atom stereocenters. The van der Waals surface area contributed by atoms with Gasteiger partial charge in [0.25, 0.3) is 0 Å². The molecule has 0 spiro atoms. The predicted molar refractivity (Wildman–Crippen MR) is 92.1 cm³/mol. The minimum Gasteiger partial charge on any atom is -0.496 e. The molecule has 0 amide bonds. The maximum atomic E-state index is 13.7. The molecule has 0 aliphatic carbocycles. The molecule has 2 rings (SSSR count). The molecule has 112 valence electrons. The molecule has 0 heterocycles. The molecular weight excluding hydrogens is 399 g/mol. The molecule has 21 heavy (non-hydrogen) atoms. The van der Waals surface area contributed by atoms with Gasteiger partial charge in [-0.15, -0.1) is 0 Å². The van der Waals surface area contributed by atoms with Gasteiger partial charge in [0.05, 0.1) is 11.9 Å². The molecule has 0 N–H and O–H groups in total. The predicted octanol–water partition coefficient (Wildman–Crippen LogP) is 6.01. The molecule has 0 radical (unpaired) electrons. The fourth-order valence-corrected chi connectivity index (χ4v) is 3.90. The largest absolute Gasteiger partial charge is 0.496 e. The number of alkyl halides is 1. The lowest BCUT2D eigenvalue weighted by Gasteiger charge is -2.21. The van der Waals surface area contributed by atoms with Crippen molar-refractivity contribution >= 4 is 31.9 Å². The van der Waals surface area contributed by atoms with Crippen molar-refractivity contribution in [2.45, 2.75) is 25.6 Å². The lowest BCUT2D eigenvalue weighted by Crippen LogP contribution is -2.03. The van der Waals surface area contributed by atoms with E-state index in [-0.39, 0.29) is 10.6 Å². The Hall–Kier alpha value is -0.870. The lowest BCUT2D eigenvalue weighted by molar-refractivity contribution is 0.406. The number of rotatable bonds is 3. The topological polar surface area (TPSA) is 9.23 Å². The molecule has 1 nitrogen and oxygen atoms in total. The van der Waals surface area contributed by atoms with E-state index in [2.05, 4.69) is 31.9 Å². The Balaban J connectivity index is 2.64. The van der Waals surface area contributed by atoms with Crippen LogP contribution in [0.15, 0.2) is 28.7 Å². The summed E-state index contributed by atoms with van der Waals surface area (Å²) >= 11 is 7.29. The van der Waals surface area contributed by atoms with Crippen molar-refractivity contribution < 1.29 is 9.13 Å². The van der Waals surface area contributed by atoms with Crippen LogP contribution in [-0.4, -0.2) is 7.11 Å². The maximum absolute atomic E-state index is 13.7. The Morgan fingerprint density at radius 1 is 1.10 bits per heavy atom. The third-order valence-electron chi connectivity index (χ3n) is 3.52. The quantitative estimate of drug-likeness (QED) is 0.558. The average molecular weight is 416 g/mol. The van der Waals surface area contributed by atoms with Gasteiger partial charge in [0, 0.05) is 10.0 Å². The molecule has 4 heteroatoms. The van der Waals surface area contributed by atoms with Gasteiger partial charge in [-0.25, -0.2) is 4.39 Å². The van der Waals surface area contributed by atoms with Crippen molar-refractivity contribution in [1.29, 1.82) is 0 Å². The first-order valence-corrected chi connectivity index (χ1v) is 8.30. The Bertz CT molecular complexity index is 663. The summed E-state index contributed by atoms with van der Waals surface area (Å²) in [5, 5.41) is 0. The minimum atomic E-state index is -0.224. The van der Waals surface area contributed by atoms with Crippen LogP contribution in [0, 0.1) is 26.6 Å². The van der Waals surface area contributed by atoms with E-state index in [0.717, 1.165) is 38.0 Å². The van der Waals surface area contributed by atoms with E-state index >= 15 is 0 Å². The summed E-state index contributed by atoms with van der Waals surface area (Å²) in [6.45, 7) is 5.92. The molecule has 2 aromatic rings. The van der Waals surface area contributed by atoms with E-state index in [1.807, 2.05) is 32.9 Å². The molecule has 0 bridgehead atoms. The smallest absolute Gasteiger partial charge is 0.126 e. The van der Waals surface area contributed by atoms with Gasteiger partial charge in [0.2, 0.25) is 0 Å². The van der Waals surface area contributed by atoms with Gasteiger partial charge < -0.3 is 4.74 Å². The fraction of sp³-hybridized carbons (Fsp3) is 0.294. The monoisotopic (exact) mass is 414 g/mol. The zero-order valence-corrected chi connectivity index (χ0v) is 15.6. The van der Waals surface area contributed by atoms with Gasteiger partial charge >= 0.3 is 0 Å². The van der Waals surface area contributed by atoms with Crippen LogP contribution in [0.25, 0.3) is 0 Å². The summed E-state index contributed by atoms with van der Waals surface area (Å²) in [4.78, 5) is -0.127. The van der Waals surface area contributed by atoms with E-state index in [1.165, 1.54) is 6.07 Å². The van der Waals surface area contributed by atoms with Crippen molar-refractivity contribution in [2.75, 3.05) is 7.11 Å². The third-order valence-corrected chi connectivity index (χ3v) is 5.33. The highest BCUT2D eigenvalue weighted by Gasteiger charge is 2.22. The van der Waals surface area contributed by atoms with Gasteiger partial charge in [0.15, 0.2) is 0 Å². The van der Waals surface area contributed by atoms with Crippen molar-refractivity contribution in [3.8, 4) is 5.75 Å². The molecule has 0 fully saturated rings. The van der Waals surface area contributed by atoms with Crippen LogP contribution in [0.1, 0.15) is 32.6 Å². The fourth-order valence-electron chi connectivity index (χ4n) is 2.53. The summed E-state index contributed by atoms with van der Waals surface area (Å²) in [7, 11) is 1.66. The number of benzene rings is 2. The van der Waals surface area contributed by atoms with E-state index < -0.39 is 0 Å². The van der Waals surface area contributed by atoms with E-state index in [4.69, 9.17) is 4.74 Å². The van der Waals surface area contributed by atoms with Crippen LogP contribution in [0.5, 0.6) is 5.75 Å². The Morgan fingerprint density at radius 2 is 1.76 bits per heavy atom. The second-order valence-corrected chi connectivity index (χ2v) is 6.94. The van der Waals surface area contributed by atoms with E-state index in [9.17, 15) is 4.39 Å². The van der Waals surface area contributed by atoms with Gasteiger partial charge in [-0.05, 0) is 61.2 Å². The first kappa shape index (κ1) is 16.5. The van der Waals surface area contributed by atoms with Gasteiger partial charge in [-0.1, -0.05) is 37.9 Å². The van der Waals surface area contributed by atoms with Crippen molar-refractivity contribution in [1.82, 2.24) is 0 Å². The van der Waals surface area contributed by atoms with Crippen LogP contribution in [-0.2, 0) is 0 Å². The summed E-state index contributed by atoms with van der Waals surface area (Å²) < 4.78 is 20.3. The Labute approximate surface area is 141 Å². The summed E-state index contributed by atoms with van der Waals surface area (Å²) in [5.41, 5.74) is 4.93. The SMILES string of the molecule is COc1c(C)cc(Br)c(C)c1C(Br)c1cc(C)cc(F)c1. The van der Waals surface area contributed by atoms with Gasteiger partial charge in [0.1, 0.15) is 11.6 Å². The van der Waals surface area contributed by atoms with E-state index in [1.54, 1.807) is 13.2 Å². The number of hydrogen-bond acceptors (Lipinski definition) is 1. The zero-order chi connectivity index (χ0) is 15.7. The standard InChI is InChI=1S/C17H17Br2FO/c1-9-5-12(8-13(20)6-9)16(19)15-11(3)14(18)7-10(2)17(15)21-4/h5-8,16H,1-4H3. The molecule has 2 aromatic carbocycles. The van der Waals surface area contributed by atoms with Crippen LogP contribution in [0.2, 0.25) is 0 Å². The molecule has 0 saturated carbocycles. The number of ether oxygens (including phenoxy) is 1. The van der Waals surface area contributed by atoms with Crippen LogP contribution in [0.3, 0.4) is 0 Å². The number of aryl methyl sites for hydroxylation is 2. The molecule has 0 saturated heterocycles. The normalized spacial score (nSPS) is 12.3. The Kier molecular flexibility index (Phi) is 5.10. The molecular formula is C17H17Br2FO.